The van der Waals surface area contributed by atoms with Gasteiger partial charge in [-0.15, -0.1) is 0 Å². The molecule has 1 rings (SSSR count). The fourth-order valence-corrected chi connectivity index (χ4v) is 1.64. The molecule has 13 heavy (non-hydrogen) atoms. The van der Waals surface area contributed by atoms with Gasteiger partial charge in [0.05, 0.1) is 0 Å². The Bertz CT molecular complexity index is 166. The van der Waals surface area contributed by atoms with Crippen molar-refractivity contribution in [2.45, 2.75) is 38.6 Å². The first-order chi connectivity index (χ1) is 6.24. The normalized spacial score (nSPS) is 19.2. The van der Waals surface area contributed by atoms with Gasteiger partial charge in [0.25, 0.3) is 0 Å². The van der Waals surface area contributed by atoms with Gasteiger partial charge in [0.2, 0.25) is 5.91 Å². The average molecular weight is 184 g/mol. The van der Waals surface area contributed by atoms with E-state index in [0.29, 0.717) is 12.5 Å². The molecule has 1 fully saturated rings. The predicted molar refractivity (Wildman–Crippen MR) is 53.5 cm³/mol. The third-order valence-electron chi connectivity index (χ3n) is 2.95. The monoisotopic (exact) mass is 184 g/mol. The maximum absolute atomic E-state index is 10.9. The highest BCUT2D eigenvalue weighted by molar-refractivity contribution is 5.75. The summed E-state index contributed by atoms with van der Waals surface area (Å²) in [7, 11) is 1.68. The van der Waals surface area contributed by atoms with Gasteiger partial charge in [-0.1, -0.05) is 6.42 Å². The fraction of sp³-hybridized carbons (Fsp3) is 0.900. The van der Waals surface area contributed by atoms with E-state index < -0.39 is 0 Å². The van der Waals surface area contributed by atoms with Gasteiger partial charge < -0.3 is 10.6 Å². The SMILES string of the molecule is CNC(=O)CCNC(C)C1CCC1. The molecule has 0 aromatic rings. The van der Waals surface area contributed by atoms with E-state index in [4.69, 9.17) is 0 Å². The molecule has 0 aromatic heterocycles. The molecule has 0 radical (unpaired) electrons. The summed E-state index contributed by atoms with van der Waals surface area (Å²) < 4.78 is 0. The Hall–Kier alpha value is -0.570. The number of rotatable bonds is 5. The third kappa shape index (κ3) is 3.35. The Balaban J connectivity index is 2.01. The van der Waals surface area contributed by atoms with E-state index in [9.17, 15) is 4.79 Å². The van der Waals surface area contributed by atoms with Crippen LogP contribution >= 0.6 is 0 Å². The van der Waals surface area contributed by atoms with Gasteiger partial charge in [-0.05, 0) is 25.7 Å². The minimum atomic E-state index is 0.119. The van der Waals surface area contributed by atoms with Crippen LogP contribution in [0.25, 0.3) is 0 Å². The zero-order valence-corrected chi connectivity index (χ0v) is 8.60. The summed E-state index contributed by atoms with van der Waals surface area (Å²) in [5, 5.41) is 6.01. The molecule has 0 aromatic carbocycles. The minimum Gasteiger partial charge on any atom is -0.359 e. The topological polar surface area (TPSA) is 41.1 Å². The summed E-state index contributed by atoms with van der Waals surface area (Å²) in [5.74, 6) is 0.970. The van der Waals surface area contributed by atoms with Crippen molar-refractivity contribution < 1.29 is 4.79 Å². The highest BCUT2D eigenvalue weighted by Gasteiger charge is 2.23. The van der Waals surface area contributed by atoms with E-state index in [1.807, 2.05) is 0 Å². The summed E-state index contributed by atoms with van der Waals surface area (Å²) in [4.78, 5) is 10.9. The van der Waals surface area contributed by atoms with Crippen molar-refractivity contribution in [1.82, 2.24) is 10.6 Å². The molecular weight excluding hydrogens is 164 g/mol. The van der Waals surface area contributed by atoms with E-state index in [-0.39, 0.29) is 5.91 Å². The molecule has 1 aliphatic rings. The summed E-state index contributed by atoms with van der Waals surface area (Å²) in [6.07, 6.45) is 4.68. The van der Waals surface area contributed by atoms with E-state index in [0.717, 1.165) is 12.5 Å². The maximum atomic E-state index is 10.9. The second kappa shape index (κ2) is 5.22. The summed E-state index contributed by atoms with van der Waals surface area (Å²) in [6.45, 7) is 3.02. The molecule has 1 saturated carbocycles. The quantitative estimate of drug-likeness (QED) is 0.666. The molecule has 1 atom stereocenters. The van der Waals surface area contributed by atoms with E-state index >= 15 is 0 Å². The number of amides is 1. The zero-order chi connectivity index (χ0) is 9.68. The maximum Gasteiger partial charge on any atom is 0.221 e. The molecule has 1 aliphatic carbocycles. The highest BCUT2D eigenvalue weighted by atomic mass is 16.1. The Morgan fingerprint density at radius 2 is 2.23 bits per heavy atom. The van der Waals surface area contributed by atoms with Crippen molar-refractivity contribution in [3.63, 3.8) is 0 Å². The van der Waals surface area contributed by atoms with Crippen molar-refractivity contribution in [2.75, 3.05) is 13.6 Å². The van der Waals surface area contributed by atoms with Crippen molar-refractivity contribution in [3.8, 4) is 0 Å². The zero-order valence-electron chi connectivity index (χ0n) is 8.60. The number of carbonyl (C=O) groups excluding carboxylic acids is 1. The Morgan fingerprint density at radius 1 is 1.54 bits per heavy atom. The summed E-state index contributed by atoms with van der Waals surface area (Å²) in [6, 6.07) is 0.582. The second-order valence-electron chi connectivity index (χ2n) is 3.86. The van der Waals surface area contributed by atoms with Crippen LogP contribution < -0.4 is 10.6 Å². The van der Waals surface area contributed by atoms with Crippen LogP contribution in [-0.4, -0.2) is 25.5 Å². The molecule has 3 nitrogen and oxygen atoms in total. The number of carbonyl (C=O) groups is 1. The number of nitrogens with one attached hydrogen (secondary N) is 2. The molecule has 1 amide bonds. The molecule has 0 aliphatic heterocycles. The lowest BCUT2D eigenvalue weighted by Crippen LogP contribution is -2.38. The van der Waals surface area contributed by atoms with Crippen LogP contribution in [-0.2, 0) is 4.79 Å². The molecule has 0 spiro atoms. The Morgan fingerprint density at radius 3 is 2.69 bits per heavy atom. The molecule has 76 valence electrons. The van der Waals surface area contributed by atoms with Crippen LogP contribution in [0.2, 0.25) is 0 Å². The number of hydrogen-bond acceptors (Lipinski definition) is 2. The smallest absolute Gasteiger partial charge is 0.221 e. The van der Waals surface area contributed by atoms with E-state index in [2.05, 4.69) is 17.6 Å². The van der Waals surface area contributed by atoms with Gasteiger partial charge in [-0.25, -0.2) is 0 Å². The van der Waals surface area contributed by atoms with Crippen molar-refractivity contribution in [1.29, 1.82) is 0 Å². The average Bonchev–Trinajstić information content (AvgIpc) is 2.01. The van der Waals surface area contributed by atoms with Gasteiger partial charge in [0.15, 0.2) is 0 Å². The first-order valence-electron chi connectivity index (χ1n) is 5.18. The van der Waals surface area contributed by atoms with Gasteiger partial charge in [0.1, 0.15) is 0 Å². The molecule has 0 saturated heterocycles. The van der Waals surface area contributed by atoms with Gasteiger partial charge in [-0.2, -0.15) is 0 Å². The molecule has 2 N–H and O–H groups in total. The van der Waals surface area contributed by atoms with Crippen LogP contribution in [0.15, 0.2) is 0 Å². The van der Waals surface area contributed by atoms with Crippen LogP contribution in [0.1, 0.15) is 32.6 Å². The molecular formula is C10H20N2O. The lowest BCUT2D eigenvalue weighted by molar-refractivity contribution is -0.120. The van der Waals surface area contributed by atoms with Gasteiger partial charge >= 0.3 is 0 Å². The van der Waals surface area contributed by atoms with Crippen molar-refractivity contribution >= 4 is 5.91 Å². The van der Waals surface area contributed by atoms with E-state index in [1.165, 1.54) is 19.3 Å². The standard InChI is InChI=1S/C10H20N2O/c1-8(9-4-3-5-9)12-7-6-10(13)11-2/h8-9,12H,3-7H2,1-2H3,(H,11,13). The van der Waals surface area contributed by atoms with Crippen LogP contribution in [0.5, 0.6) is 0 Å². The van der Waals surface area contributed by atoms with E-state index in [1.54, 1.807) is 7.05 Å². The minimum absolute atomic E-state index is 0.119. The molecule has 3 heteroatoms. The first-order valence-corrected chi connectivity index (χ1v) is 5.18. The van der Waals surface area contributed by atoms with Crippen molar-refractivity contribution in [3.05, 3.63) is 0 Å². The van der Waals surface area contributed by atoms with Crippen LogP contribution in [0.3, 0.4) is 0 Å². The van der Waals surface area contributed by atoms with Gasteiger partial charge in [0, 0.05) is 26.1 Å². The Labute approximate surface area is 80.3 Å². The first kappa shape index (κ1) is 10.5. The van der Waals surface area contributed by atoms with Crippen LogP contribution in [0.4, 0.5) is 0 Å². The molecule has 1 unspecified atom stereocenters. The third-order valence-corrected chi connectivity index (χ3v) is 2.95. The molecule has 0 heterocycles. The summed E-state index contributed by atoms with van der Waals surface area (Å²) >= 11 is 0. The second-order valence-corrected chi connectivity index (χ2v) is 3.86. The fourth-order valence-electron chi connectivity index (χ4n) is 1.64. The Kier molecular flexibility index (Phi) is 4.22. The van der Waals surface area contributed by atoms with Crippen molar-refractivity contribution in [2.24, 2.45) is 5.92 Å². The number of hydrogen-bond donors (Lipinski definition) is 2. The lowest BCUT2D eigenvalue weighted by atomic mass is 9.80. The highest BCUT2D eigenvalue weighted by Crippen LogP contribution is 2.29. The van der Waals surface area contributed by atoms with Crippen LogP contribution in [0, 0.1) is 5.92 Å². The largest absolute Gasteiger partial charge is 0.359 e. The van der Waals surface area contributed by atoms with Gasteiger partial charge in [-0.3, -0.25) is 4.79 Å². The predicted octanol–water partition coefficient (Wildman–Crippen LogP) is 0.901. The lowest BCUT2D eigenvalue weighted by Gasteiger charge is -2.32. The molecule has 0 bridgehead atoms. The summed E-state index contributed by atoms with van der Waals surface area (Å²) in [5.41, 5.74) is 0.